The van der Waals surface area contributed by atoms with E-state index in [0.717, 1.165) is 19.6 Å². The molecule has 19 heavy (non-hydrogen) atoms. The van der Waals surface area contributed by atoms with Gasteiger partial charge in [0, 0.05) is 12.6 Å². The van der Waals surface area contributed by atoms with Crippen molar-refractivity contribution < 1.29 is 0 Å². The van der Waals surface area contributed by atoms with E-state index in [1.165, 1.54) is 43.2 Å². The molecule has 2 heteroatoms. The number of nitrogens with one attached hydrogen (secondary N) is 2. The van der Waals surface area contributed by atoms with Crippen LogP contribution in [0, 0.1) is 0 Å². The van der Waals surface area contributed by atoms with Gasteiger partial charge < -0.3 is 10.6 Å². The van der Waals surface area contributed by atoms with Crippen molar-refractivity contribution in [2.24, 2.45) is 0 Å². The van der Waals surface area contributed by atoms with Crippen LogP contribution in [0.1, 0.15) is 49.3 Å². The van der Waals surface area contributed by atoms with Crippen LogP contribution in [0.2, 0.25) is 0 Å². The minimum atomic E-state index is 0.521. The van der Waals surface area contributed by atoms with Gasteiger partial charge in [0.25, 0.3) is 0 Å². The molecule has 1 heterocycles. The number of hydrogen-bond donors (Lipinski definition) is 2. The molecule has 1 aromatic rings. The highest BCUT2D eigenvalue weighted by Crippen LogP contribution is 2.24. The normalized spacial score (nSPS) is 22.7. The highest BCUT2D eigenvalue weighted by atomic mass is 14.9. The van der Waals surface area contributed by atoms with Crippen molar-refractivity contribution in [1.29, 1.82) is 0 Å². The molecule has 0 saturated carbocycles. The average Bonchev–Trinajstić information content (AvgIpc) is 2.87. The van der Waals surface area contributed by atoms with Crippen molar-refractivity contribution in [3.05, 3.63) is 47.0 Å². The second-order valence-corrected chi connectivity index (χ2v) is 5.68. The first-order chi connectivity index (χ1) is 9.43. The van der Waals surface area contributed by atoms with E-state index in [9.17, 15) is 0 Å². The molecule has 0 aromatic heterocycles. The lowest BCUT2D eigenvalue weighted by Crippen LogP contribution is -2.24. The zero-order valence-corrected chi connectivity index (χ0v) is 11.6. The van der Waals surface area contributed by atoms with Gasteiger partial charge in [0.05, 0.1) is 0 Å². The molecule has 0 bridgehead atoms. The third kappa shape index (κ3) is 3.26. The zero-order chi connectivity index (χ0) is 12.9. The molecule has 1 aliphatic carbocycles. The van der Waals surface area contributed by atoms with Crippen LogP contribution in [0.4, 0.5) is 0 Å². The Morgan fingerprint density at radius 3 is 3.11 bits per heavy atom. The highest BCUT2D eigenvalue weighted by molar-refractivity contribution is 5.31. The van der Waals surface area contributed by atoms with Gasteiger partial charge in [-0.05, 0) is 56.3 Å². The van der Waals surface area contributed by atoms with Gasteiger partial charge in [0.1, 0.15) is 0 Å². The summed E-state index contributed by atoms with van der Waals surface area (Å²) >= 11 is 0. The minimum Gasteiger partial charge on any atom is -0.313 e. The fourth-order valence-electron chi connectivity index (χ4n) is 3.24. The maximum atomic E-state index is 3.76. The van der Waals surface area contributed by atoms with Gasteiger partial charge in [-0.1, -0.05) is 35.9 Å². The Bertz CT molecular complexity index is 450. The Morgan fingerprint density at radius 1 is 1.26 bits per heavy atom. The summed E-state index contributed by atoms with van der Waals surface area (Å²) in [4.78, 5) is 0. The van der Waals surface area contributed by atoms with Crippen molar-refractivity contribution in [3.8, 4) is 0 Å². The van der Waals surface area contributed by atoms with E-state index in [0.29, 0.717) is 6.04 Å². The Balaban J connectivity index is 1.60. The van der Waals surface area contributed by atoms with E-state index in [1.807, 2.05) is 0 Å². The molecule has 1 aromatic carbocycles. The standard InChI is InChI=1S/C17H24N2/c1-2-6-14(5-1)9-12-19-17-10-11-18-13-15-7-3-4-8-16(15)17/h3-5,7-8,17-19H,1-2,6,9-13H2. The largest absolute Gasteiger partial charge is 0.313 e. The molecule has 1 unspecified atom stereocenters. The Kier molecular flexibility index (Phi) is 4.31. The third-order valence-electron chi connectivity index (χ3n) is 4.33. The molecule has 0 spiro atoms. The molecule has 1 atom stereocenters. The van der Waals surface area contributed by atoms with Gasteiger partial charge >= 0.3 is 0 Å². The lowest BCUT2D eigenvalue weighted by Gasteiger charge is -2.19. The quantitative estimate of drug-likeness (QED) is 0.808. The summed E-state index contributed by atoms with van der Waals surface area (Å²) in [5, 5.41) is 7.28. The Labute approximate surface area is 116 Å². The predicted molar refractivity (Wildman–Crippen MR) is 80.1 cm³/mol. The summed E-state index contributed by atoms with van der Waals surface area (Å²) in [5.74, 6) is 0. The van der Waals surface area contributed by atoms with Crippen LogP contribution in [0.15, 0.2) is 35.9 Å². The van der Waals surface area contributed by atoms with E-state index in [1.54, 1.807) is 5.57 Å². The summed E-state index contributed by atoms with van der Waals surface area (Å²) in [5.41, 5.74) is 4.61. The van der Waals surface area contributed by atoms with E-state index in [-0.39, 0.29) is 0 Å². The lowest BCUT2D eigenvalue weighted by atomic mass is 9.99. The minimum absolute atomic E-state index is 0.521. The predicted octanol–water partition coefficient (Wildman–Crippen LogP) is 3.31. The molecular weight excluding hydrogens is 232 g/mol. The molecule has 0 amide bonds. The van der Waals surface area contributed by atoms with Gasteiger partial charge in [0.2, 0.25) is 0 Å². The molecule has 0 radical (unpaired) electrons. The fourth-order valence-corrected chi connectivity index (χ4v) is 3.24. The second kappa shape index (κ2) is 6.36. The number of benzene rings is 1. The number of rotatable bonds is 4. The van der Waals surface area contributed by atoms with Crippen molar-refractivity contribution in [3.63, 3.8) is 0 Å². The molecule has 0 fully saturated rings. The summed E-state index contributed by atoms with van der Waals surface area (Å²) < 4.78 is 0. The molecule has 3 rings (SSSR count). The van der Waals surface area contributed by atoms with E-state index in [2.05, 4.69) is 41.0 Å². The smallest absolute Gasteiger partial charge is 0.0335 e. The van der Waals surface area contributed by atoms with E-state index in [4.69, 9.17) is 0 Å². The van der Waals surface area contributed by atoms with Crippen LogP contribution >= 0.6 is 0 Å². The Hall–Kier alpha value is -1.12. The van der Waals surface area contributed by atoms with Gasteiger partial charge in [-0.25, -0.2) is 0 Å². The molecule has 2 nitrogen and oxygen atoms in total. The fraction of sp³-hybridized carbons (Fsp3) is 0.529. The second-order valence-electron chi connectivity index (χ2n) is 5.68. The highest BCUT2D eigenvalue weighted by Gasteiger charge is 2.17. The molecule has 2 aliphatic rings. The van der Waals surface area contributed by atoms with Gasteiger partial charge in [-0.15, -0.1) is 0 Å². The van der Waals surface area contributed by atoms with E-state index >= 15 is 0 Å². The van der Waals surface area contributed by atoms with Crippen LogP contribution in [0.25, 0.3) is 0 Å². The first-order valence-corrected chi connectivity index (χ1v) is 7.63. The summed E-state index contributed by atoms with van der Waals surface area (Å²) in [6.07, 6.45) is 8.84. The third-order valence-corrected chi connectivity index (χ3v) is 4.33. The maximum absolute atomic E-state index is 3.76. The maximum Gasteiger partial charge on any atom is 0.0335 e. The van der Waals surface area contributed by atoms with Gasteiger partial charge in [0.15, 0.2) is 0 Å². The topological polar surface area (TPSA) is 24.1 Å². The van der Waals surface area contributed by atoms with Crippen molar-refractivity contribution in [2.75, 3.05) is 13.1 Å². The molecule has 2 N–H and O–H groups in total. The number of hydrogen-bond acceptors (Lipinski definition) is 2. The van der Waals surface area contributed by atoms with Crippen LogP contribution in [0.5, 0.6) is 0 Å². The monoisotopic (exact) mass is 256 g/mol. The average molecular weight is 256 g/mol. The van der Waals surface area contributed by atoms with Crippen molar-refractivity contribution in [1.82, 2.24) is 10.6 Å². The van der Waals surface area contributed by atoms with Crippen LogP contribution in [0.3, 0.4) is 0 Å². The Morgan fingerprint density at radius 2 is 2.21 bits per heavy atom. The van der Waals surface area contributed by atoms with Gasteiger partial charge in [-0.2, -0.15) is 0 Å². The van der Waals surface area contributed by atoms with Crippen LogP contribution in [-0.2, 0) is 6.54 Å². The SMILES string of the molecule is C1=C(CCNC2CCNCc3ccccc32)CCC1. The van der Waals surface area contributed by atoms with Gasteiger partial charge in [-0.3, -0.25) is 0 Å². The molecule has 1 aliphatic heterocycles. The summed E-state index contributed by atoms with van der Waals surface area (Å²) in [6, 6.07) is 9.37. The van der Waals surface area contributed by atoms with Crippen LogP contribution in [-0.4, -0.2) is 13.1 Å². The van der Waals surface area contributed by atoms with Crippen LogP contribution < -0.4 is 10.6 Å². The summed E-state index contributed by atoms with van der Waals surface area (Å²) in [7, 11) is 0. The number of fused-ring (bicyclic) bond motifs is 1. The van der Waals surface area contributed by atoms with E-state index < -0.39 is 0 Å². The first-order valence-electron chi connectivity index (χ1n) is 7.63. The molecular formula is C17H24N2. The molecule has 102 valence electrons. The van der Waals surface area contributed by atoms with Crippen molar-refractivity contribution >= 4 is 0 Å². The summed E-state index contributed by atoms with van der Waals surface area (Å²) in [6.45, 7) is 3.24. The molecule has 0 saturated heterocycles. The number of allylic oxidation sites excluding steroid dienone is 1. The van der Waals surface area contributed by atoms with Crippen molar-refractivity contribution in [2.45, 2.75) is 44.7 Å². The first kappa shape index (κ1) is 12.9. The zero-order valence-electron chi connectivity index (χ0n) is 11.6. The lowest BCUT2D eigenvalue weighted by molar-refractivity contribution is 0.498.